The molecule has 4 rings (SSSR count). The molecule has 0 aromatic heterocycles. The number of amides is 1. The molecule has 0 radical (unpaired) electrons. The molecular weight excluding hydrogens is 602 g/mol. The first-order valence-corrected chi connectivity index (χ1v) is 15.8. The number of benzene rings is 4. The largest absolute Gasteiger partial charge is 0.481 e. The summed E-state index contributed by atoms with van der Waals surface area (Å²) in [4.78, 5) is 24.3. The van der Waals surface area contributed by atoms with Crippen LogP contribution in [0.25, 0.3) is 0 Å². The normalized spacial score (nSPS) is 11.5. The minimum Gasteiger partial charge on any atom is -0.481 e. The van der Waals surface area contributed by atoms with Crippen molar-refractivity contribution < 1.29 is 31.5 Å². The second-order valence-electron chi connectivity index (χ2n) is 8.94. The van der Waals surface area contributed by atoms with Gasteiger partial charge in [0, 0.05) is 23.8 Å². The van der Waals surface area contributed by atoms with Crippen molar-refractivity contribution in [2.24, 2.45) is 0 Å². The number of aliphatic carboxylic acids is 1. The predicted octanol–water partition coefficient (Wildman–Crippen LogP) is 4.39. The van der Waals surface area contributed by atoms with Crippen LogP contribution in [0.1, 0.15) is 15.9 Å². The second-order valence-corrected chi connectivity index (χ2v) is 13.0. The van der Waals surface area contributed by atoms with Gasteiger partial charge >= 0.3 is 5.97 Å². The third-order valence-electron chi connectivity index (χ3n) is 6.08. The minimum absolute atomic E-state index is 0.0359. The summed E-state index contributed by atoms with van der Waals surface area (Å²) in [5, 5.41) is 12.2. The molecule has 13 heteroatoms. The molecule has 0 saturated carbocycles. The van der Waals surface area contributed by atoms with Crippen molar-refractivity contribution in [2.75, 3.05) is 22.7 Å². The van der Waals surface area contributed by atoms with E-state index in [1.165, 1.54) is 54.6 Å². The molecule has 0 atom stereocenters. The number of nitrogens with zero attached hydrogens (tertiary/aromatic N) is 1. The van der Waals surface area contributed by atoms with Gasteiger partial charge in [-0.05, 0) is 60.2 Å². The smallest absolute Gasteiger partial charge is 0.307 e. The number of nitrogens with one attached hydrogen (secondary N) is 2. The van der Waals surface area contributed by atoms with Crippen molar-refractivity contribution >= 4 is 54.9 Å². The SMILES string of the molecule is O=C(O)Cc1ccccc1NC(=O)c1ccccc1S(=O)(=O)N(CCNS(=O)(=O)c1ccc(Cl)cc1)c1ccccc1. The molecular formula is C29H26ClN3O7S2. The van der Waals surface area contributed by atoms with Gasteiger partial charge in [0.15, 0.2) is 0 Å². The van der Waals surface area contributed by atoms with Gasteiger partial charge in [0.2, 0.25) is 10.0 Å². The van der Waals surface area contributed by atoms with E-state index in [4.69, 9.17) is 11.6 Å². The molecule has 1 amide bonds. The Morgan fingerprint density at radius 3 is 2.10 bits per heavy atom. The van der Waals surface area contributed by atoms with Gasteiger partial charge in [-0.2, -0.15) is 0 Å². The number of para-hydroxylation sites is 2. The molecule has 0 bridgehead atoms. The average molecular weight is 628 g/mol. The maximum atomic E-state index is 14.1. The van der Waals surface area contributed by atoms with Crippen LogP contribution in [-0.4, -0.2) is 46.9 Å². The highest BCUT2D eigenvalue weighted by Gasteiger charge is 2.30. The zero-order valence-corrected chi connectivity index (χ0v) is 24.4. The molecule has 0 aliphatic heterocycles. The Bertz CT molecular complexity index is 1800. The summed E-state index contributed by atoms with van der Waals surface area (Å²) >= 11 is 5.85. The van der Waals surface area contributed by atoms with Crippen LogP contribution in [0.3, 0.4) is 0 Å². The van der Waals surface area contributed by atoms with Gasteiger partial charge in [-0.3, -0.25) is 13.9 Å². The Morgan fingerprint density at radius 2 is 1.40 bits per heavy atom. The van der Waals surface area contributed by atoms with E-state index in [0.717, 1.165) is 4.31 Å². The Hall–Kier alpha value is -4.23. The fourth-order valence-electron chi connectivity index (χ4n) is 4.11. The number of halogens is 1. The number of carboxylic acids is 1. The summed E-state index contributed by atoms with van der Waals surface area (Å²) in [6.07, 6.45) is -0.343. The third kappa shape index (κ3) is 7.34. The van der Waals surface area contributed by atoms with Gasteiger partial charge in [0.25, 0.3) is 15.9 Å². The molecule has 0 aliphatic rings. The second kappa shape index (κ2) is 13.2. The van der Waals surface area contributed by atoms with E-state index < -0.39 is 31.9 Å². The number of carbonyl (C=O) groups is 2. The maximum absolute atomic E-state index is 14.1. The summed E-state index contributed by atoms with van der Waals surface area (Å²) < 4.78 is 57.1. The van der Waals surface area contributed by atoms with Gasteiger partial charge in [-0.25, -0.2) is 21.6 Å². The van der Waals surface area contributed by atoms with E-state index in [2.05, 4.69) is 10.0 Å². The highest BCUT2D eigenvalue weighted by Crippen LogP contribution is 2.27. The van der Waals surface area contributed by atoms with Crippen molar-refractivity contribution in [1.29, 1.82) is 0 Å². The van der Waals surface area contributed by atoms with Crippen molar-refractivity contribution in [2.45, 2.75) is 16.2 Å². The van der Waals surface area contributed by atoms with Crippen LogP contribution in [0.4, 0.5) is 11.4 Å². The minimum atomic E-state index is -4.41. The monoisotopic (exact) mass is 627 g/mol. The molecule has 0 aliphatic carbocycles. The maximum Gasteiger partial charge on any atom is 0.307 e. The molecule has 0 unspecified atom stereocenters. The first kappa shape index (κ1) is 30.7. The van der Waals surface area contributed by atoms with Crippen LogP contribution in [-0.2, 0) is 31.3 Å². The van der Waals surface area contributed by atoms with Gasteiger partial charge in [-0.15, -0.1) is 0 Å². The Balaban J connectivity index is 1.64. The van der Waals surface area contributed by atoms with E-state index in [1.807, 2.05) is 0 Å². The fourth-order valence-corrected chi connectivity index (χ4v) is 6.91. The zero-order valence-electron chi connectivity index (χ0n) is 22.0. The lowest BCUT2D eigenvalue weighted by Gasteiger charge is -2.26. The van der Waals surface area contributed by atoms with Crippen LogP contribution < -0.4 is 14.3 Å². The van der Waals surface area contributed by atoms with Crippen LogP contribution in [0.5, 0.6) is 0 Å². The molecule has 10 nitrogen and oxygen atoms in total. The van der Waals surface area contributed by atoms with E-state index in [9.17, 15) is 31.5 Å². The molecule has 0 heterocycles. The molecule has 4 aromatic rings. The molecule has 3 N–H and O–H groups in total. The quantitative estimate of drug-likeness (QED) is 0.211. The molecule has 0 saturated heterocycles. The highest BCUT2D eigenvalue weighted by atomic mass is 35.5. The van der Waals surface area contributed by atoms with Crippen LogP contribution in [0.2, 0.25) is 5.02 Å². The van der Waals surface area contributed by atoms with Gasteiger partial charge in [0.1, 0.15) is 4.90 Å². The number of carbonyl (C=O) groups excluding carboxylic acids is 1. The Kier molecular flexibility index (Phi) is 9.63. The summed E-state index contributed by atoms with van der Waals surface area (Å²) in [5.74, 6) is -1.85. The first-order valence-electron chi connectivity index (χ1n) is 12.5. The Labute approximate surface area is 248 Å². The molecule has 42 heavy (non-hydrogen) atoms. The third-order valence-corrected chi connectivity index (χ3v) is 9.70. The number of sulfonamides is 2. The van der Waals surface area contributed by atoms with Crippen LogP contribution in [0, 0.1) is 0 Å². The lowest BCUT2D eigenvalue weighted by Crippen LogP contribution is -2.39. The summed E-state index contributed by atoms with van der Waals surface area (Å²) in [6.45, 7) is -0.577. The van der Waals surface area contributed by atoms with Crippen molar-refractivity contribution in [1.82, 2.24) is 4.72 Å². The standard InChI is InChI=1S/C29H26ClN3O7S2/c30-22-14-16-24(17-15-22)41(37,38)31-18-19-33(23-9-2-1-3-10-23)42(39,40)27-13-7-5-11-25(27)29(36)32-26-12-6-4-8-21(26)20-28(34)35/h1-17,31H,18-20H2,(H,32,36)(H,34,35). The van der Waals surface area contributed by atoms with E-state index in [0.29, 0.717) is 10.6 Å². The predicted molar refractivity (Wildman–Crippen MR) is 160 cm³/mol. The summed E-state index contributed by atoms with van der Waals surface area (Å²) in [7, 11) is -8.38. The van der Waals surface area contributed by atoms with Crippen LogP contribution in [0.15, 0.2) is 113 Å². The molecule has 0 spiro atoms. The number of hydrogen-bond donors (Lipinski definition) is 3. The molecule has 218 valence electrons. The Morgan fingerprint density at radius 1 is 0.786 bits per heavy atom. The lowest BCUT2D eigenvalue weighted by atomic mass is 10.1. The van der Waals surface area contributed by atoms with E-state index in [1.54, 1.807) is 48.5 Å². The topological polar surface area (TPSA) is 150 Å². The van der Waals surface area contributed by atoms with E-state index in [-0.39, 0.29) is 46.2 Å². The van der Waals surface area contributed by atoms with Crippen molar-refractivity contribution in [3.8, 4) is 0 Å². The van der Waals surface area contributed by atoms with Gasteiger partial charge < -0.3 is 10.4 Å². The van der Waals surface area contributed by atoms with E-state index >= 15 is 0 Å². The zero-order chi connectivity index (χ0) is 30.3. The fraction of sp³-hybridized carbons (Fsp3) is 0.103. The average Bonchev–Trinajstić information content (AvgIpc) is 2.96. The number of rotatable bonds is 12. The lowest BCUT2D eigenvalue weighted by molar-refractivity contribution is -0.136. The summed E-state index contributed by atoms with van der Waals surface area (Å²) in [6, 6.07) is 25.5. The molecule has 4 aromatic carbocycles. The van der Waals surface area contributed by atoms with Crippen molar-refractivity contribution in [3.63, 3.8) is 0 Å². The number of carboxylic acid groups (broad SMARTS) is 1. The summed E-state index contributed by atoms with van der Waals surface area (Å²) in [5.41, 5.74) is 0.654. The van der Waals surface area contributed by atoms with Crippen LogP contribution >= 0.6 is 11.6 Å². The molecule has 0 fully saturated rings. The number of anilines is 2. The first-order chi connectivity index (χ1) is 20.0. The van der Waals surface area contributed by atoms with Gasteiger partial charge in [0.05, 0.1) is 22.6 Å². The highest BCUT2D eigenvalue weighted by molar-refractivity contribution is 7.93. The van der Waals surface area contributed by atoms with Crippen molar-refractivity contribution in [3.05, 3.63) is 119 Å². The van der Waals surface area contributed by atoms with Gasteiger partial charge in [-0.1, -0.05) is 60.1 Å². The number of hydrogen-bond acceptors (Lipinski definition) is 6.